The molecule has 0 amide bonds. The maximum Gasteiger partial charge on any atom is 0.303 e. The van der Waals surface area contributed by atoms with Crippen molar-refractivity contribution in [2.45, 2.75) is 51.4 Å². The van der Waals surface area contributed by atoms with Crippen LogP contribution in [0.2, 0.25) is 0 Å². The maximum absolute atomic E-state index is 11.5. The van der Waals surface area contributed by atoms with Crippen LogP contribution in [0.3, 0.4) is 0 Å². The standard InChI is InChI=1S/C12H23NO4S/c14-12(15)8-4-10-18(16,17)13-9-3-7-11-5-1-2-6-11/h11,13H,1-10H2,(H,14,15). The number of aliphatic carboxylic acids is 1. The molecule has 1 aliphatic rings. The lowest BCUT2D eigenvalue weighted by molar-refractivity contribution is -0.137. The van der Waals surface area contributed by atoms with Crippen LogP contribution in [0.1, 0.15) is 51.4 Å². The summed E-state index contributed by atoms with van der Waals surface area (Å²) < 4.78 is 25.5. The second kappa shape index (κ2) is 7.74. The third-order valence-electron chi connectivity index (χ3n) is 3.39. The molecule has 0 saturated heterocycles. The van der Waals surface area contributed by atoms with Gasteiger partial charge in [0.2, 0.25) is 10.0 Å². The molecular weight excluding hydrogens is 254 g/mol. The number of nitrogens with one attached hydrogen (secondary N) is 1. The highest BCUT2D eigenvalue weighted by Gasteiger charge is 2.15. The van der Waals surface area contributed by atoms with Gasteiger partial charge in [0.25, 0.3) is 0 Å². The Balaban J connectivity index is 2.07. The summed E-state index contributed by atoms with van der Waals surface area (Å²) in [6.07, 6.45) is 7.24. The largest absolute Gasteiger partial charge is 0.481 e. The lowest BCUT2D eigenvalue weighted by Crippen LogP contribution is -2.27. The zero-order valence-corrected chi connectivity index (χ0v) is 11.5. The van der Waals surface area contributed by atoms with Crippen molar-refractivity contribution in [2.24, 2.45) is 5.92 Å². The number of rotatable bonds is 9. The zero-order valence-electron chi connectivity index (χ0n) is 10.7. The second-order valence-electron chi connectivity index (χ2n) is 5.00. The van der Waals surface area contributed by atoms with Crippen LogP contribution in [0.15, 0.2) is 0 Å². The summed E-state index contributed by atoms with van der Waals surface area (Å²) in [4.78, 5) is 10.3. The smallest absolute Gasteiger partial charge is 0.303 e. The quantitative estimate of drug-likeness (QED) is 0.629. The van der Waals surface area contributed by atoms with E-state index in [2.05, 4.69) is 4.72 Å². The van der Waals surface area contributed by atoms with E-state index >= 15 is 0 Å². The first-order valence-electron chi connectivity index (χ1n) is 6.69. The molecule has 0 spiro atoms. The molecular formula is C12H23NO4S. The molecule has 6 heteroatoms. The number of sulfonamides is 1. The lowest BCUT2D eigenvalue weighted by Gasteiger charge is -2.09. The van der Waals surface area contributed by atoms with Gasteiger partial charge in [0.15, 0.2) is 0 Å². The number of carboxylic acid groups (broad SMARTS) is 1. The fourth-order valence-corrected chi connectivity index (χ4v) is 3.53. The van der Waals surface area contributed by atoms with Crippen LogP contribution < -0.4 is 4.72 Å². The Kier molecular flexibility index (Phi) is 6.63. The van der Waals surface area contributed by atoms with Gasteiger partial charge in [-0.15, -0.1) is 0 Å². The summed E-state index contributed by atoms with van der Waals surface area (Å²) in [6.45, 7) is 0.478. The van der Waals surface area contributed by atoms with Gasteiger partial charge < -0.3 is 5.11 Å². The summed E-state index contributed by atoms with van der Waals surface area (Å²) in [5.74, 6) is -0.268. The monoisotopic (exact) mass is 277 g/mol. The van der Waals surface area contributed by atoms with Gasteiger partial charge in [-0.1, -0.05) is 25.7 Å². The van der Waals surface area contributed by atoms with Crippen LogP contribution in [0, 0.1) is 5.92 Å². The number of hydrogen-bond donors (Lipinski definition) is 2. The molecule has 2 N–H and O–H groups in total. The van der Waals surface area contributed by atoms with E-state index in [1.807, 2.05) is 0 Å². The highest BCUT2D eigenvalue weighted by molar-refractivity contribution is 7.89. The molecule has 1 aliphatic carbocycles. The predicted molar refractivity (Wildman–Crippen MR) is 69.9 cm³/mol. The molecule has 106 valence electrons. The molecule has 0 heterocycles. The highest BCUT2D eigenvalue weighted by Crippen LogP contribution is 2.28. The second-order valence-corrected chi connectivity index (χ2v) is 6.93. The van der Waals surface area contributed by atoms with Crippen LogP contribution in [0.5, 0.6) is 0 Å². The molecule has 5 nitrogen and oxygen atoms in total. The molecule has 18 heavy (non-hydrogen) atoms. The van der Waals surface area contributed by atoms with E-state index in [0.29, 0.717) is 6.54 Å². The van der Waals surface area contributed by atoms with Crippen molar-refractivity contribution < 1.29 is 18.3 Å². The minimum atomic E-state index is -3.29. The SMILES string of the molecule is O=C(O)CCCS(=O)(=O)NCCCC1CCCC1. The lowest BCUT2D eigenvalue weighted by atomic mass is 10.0. The number of carboxylic acids is 1. The van der Waals surface area contributed by atoms with Gasteiger partial charge in [-0.3, -0.25) is 4.79 Å². The first-order valence-corrected chi connectivity index (χ1v) is 8.34. The Morgan fingerprint density at radius 1 is 1.22 bits per heavy atom. The molecule has 0 bridgehead atoms. The molecule has 0 aromatic carbocycles. The van der Waals surface area contributed by atoms with E-state index in [0.717, 1.165) is 18.8 Å². The molecule has 1 rings (SSSR count). The predicted octanol–water partition coefficient (Wildman–Crippen LogP) is 1.74. The molecule has 1 fully saturated rings. The van der Waals surface area contributed by atoms with Crippen LogP contribution in [0.4, 0.5) is 0 Å². The fraction of sp³-hybridized carbons (Fsp3) is 0.917. The Morgan fingerprint density at radius 2 is 1.89 bits per heavy atom. The average molecular weight is 277 g/mol. The number of carbonyl (C=O) groups is 1. The van der Waals surface area contributed by atoms with Crippen molar-refractivity contribution in [2.75, 3.05) is 12.3 Å². The Hall–Kier alpha value is -0.620. The minimum absolute atomic E-state index is 0.0943. The normalized spacial score (nSPS) is 17.1. The fourth-order valence-electron chi connectivity index (χ4n) is 2.40. The third kappa shape index (κ3) is 6.96. The van der Waals surface area contributed by atoms with Crippen molar-refractivity contribution in [1.29, 1.82) is 0 Å². The Labute approximate surface area is 109 Å². The van der Waals surface area contributed by atoms with Crippen LogP contribution in [-0.4, -0.2) is 31.8 Å². The molecule has 0 aromatic rings. The molecule has 0 atom stereocenters. The summed E-state index contributed by atoms with van der Waals surface area (Å²) in [5, 5.41) is 8.43. The van der Waals surface area contributed by atoms with E-state index in [1.54, 1.807) is 0 Å². The van der Waals surface area contributed by atoms with Crippen molar-refractivity contribution in [3.05, 3.63) is 0 Å². The molecule has 0 aromatic heterocycles. The van der Waals surface area contributed by atoms with Gasteiger partial charge >= 0.3 is 5.97 Å². The van der Waals surface area contributed by atoms with Crippen molar-refractivity contribution >= 4 is 16.0 Å². The molecule has 0 unspecified atom stereocenters. The van der Waals surface area contributed by atoms with E-state index in [4.69, 9.17) is 5.11 Å². The number of hydrogen-bond acceptors (Lipinski definition) is 3. The molecule has 0 aliphatic heterocycles. The Morgan fingerprint density at radius 3 is 2.50 bits per heavy atom. The van der Waals surface area contributed by atoms with Crippen LogP contribution in [-0.2, 0) is 14.8 Å². The Bertz CT molecular complexity index is 347. The summed E-state index contributed by atoms with van der Waals surface area (Å²) >= 11 is 0. The first-order chi connectivity index (χ1) is 8.49. The van der Waals surface area contributed by atoms with Gasteiger partial charge in [0, 0.05) is 13.0 Å². The van der Waals surface area contributed by atoms with E-state index in [-0.39, 0.29) is 18.6 Å². The van der Waals surface area contributed by atoms with E-state index in [9.17, 15) is 13.2 Å². The topological polar surface area (TPSA) is 83.5 Å². The molecule has 1 saturated carbocycles. The highest BCUT2D eigenvalue weighted by atomic mass is 32.2. The van der Waals surface area contributed by atoms with Crippen molar-refractivity contribution in [3.8, 4) is 0 Å². The van der Waals surface area contributed by atoms with Gasteiger partial charge in [-0.25, -0.2) is 13.1 Å². The summed E-state index contributed by atoms with van der Waals surface area (Å²) in [5.41, 5.74) is 0. The average Bonchev–Trinajstić information content (AvgIpc) is 2.76. The van der Waals surface area contributed by atoms with E-state index in [1.165, 1.54) is 25.7 Å². The van der Waals surface area contributed by atoms with Gasteiger partial charge in [-0.05, 0) is 25.2 Å². The van der Waals surface area contributed by atoms with Crippen molar-refractivity contribution in [3.63, 3.8) is 0 Å². The third-order valence-corrected chi connectivity index (χ3v) is 4.86. The van der Waals surface area contributed by atoms with Gasteiger partial charge in [-0.2, -0.15) is 0 Å². The van der Waals surface area contributed by atoms with Crippen LogP contribution in [0.25, 0.3) is 0 Å². The zero-order chi connectivity index (χ0) is 13.4. The minimum Gasteiger partial charge on any atom is -0.481 e. The molecule has 0 radical (unpaired) electrons. The summed E-state index contributed by atoms with van der Waals surface area (Å²) in [6, 6.07) is 0. The maximum atomic E-state index is 11.5. The van der Waals surface area contributed by atoms with Crippen molar-refractivity contribution in [1.82, 2.24) is 4.72 Å². The van der Waals surface area contributed by atoms with Crippen LogP contribution >= 0.6 is 0 Å². The van der Waals surface area contributed by atoms with E-state index < -0.39 is 16.0 Å². The first kappa shape index (κ1) is 15.4. The van der Waals surface area contributed by atoms with Gasteiger partial charge in [0.05, 0.1) is 5.75 Å². The summed E-state index contributed by atoms with van der Waals surface area (Å²) in [7, 11) is -3.29. The van der Waals surface area contributed by atoms with Gasteiger partial charge in [0.1, 0.15) is 0 Å².